The molecule has 0 bridgehead atoms. The normalized spacial score (nSPS) is 12.7. The van der Waals surface area contributed by atoms with Crippen LogP contribution in [0.5, 0.6) is 0 Å². The first-order valence-corrected chi connectivity index (χ1v) is 8.53. The monoisotopic (exact) mass is 286 g/mol. The van der Waals surface area contributed by atoms with E-state index in [1.807, 2.05) is 13.8 Å². The zero-order valence-corrected chi connectivity index (χ0v) is 14.6. The van der Waals surface area contributed by atoms with Crippen molar-refractivity contribution in [2.24, 2.45) is 0 Å². The summed E-state index contributed by atoms with van der Waals surface area (Å²) in [6, 6.07) is 0. The molecule has 0 fully saturated rings. The Labute approximate surface area is 127 Å². The molecule has 0 aromatic carbocycles. The van der Waals surface area contributed by atoms with E-state index in [9.17, 15) is 4.39 Å². The molecule has 0 saturated heterocycles. The lowest BCUT2D eigenvalue weighted by Gasteiger charge is -2.27. The van der Waals surface area contributed by atoms with Gasteiger partial charge >= 0.3 is 0 Å². The predicted octanol–water partition coefficient (Wildman–Crippen LogP) is 5.56. The third-order valence-electron chi connectivity index (χ3n) is 4.05. The van der Waals surface area contributed by atoms with Gasteiger partial charge in [0.1, 0.15) is 14.0 Å². The maximum Gasteiger partial charge on any atom is 0.127 e. The number of unbranched alkanes of at least 4 members (excludes halogenated alkanes) is 5. The summed E-state index contributed by atoms with van der Waals surface area (Å²) in [7, 11) is 1.25. The molecule has 0 saturated carbocycles. The Kier molecular flexibility index (Phi) is 10.6. The summed E-state index contributed by atoms with van der Waals surface area (Å²) >= 11 is 0. The molecule has 0 unspecified atom stereocenters. The Hall–Kier alpha value is -0.0451. The van der Waals surface area contributed by atoms with E-state index in [4.69, 9.17) is 4.74 Å². The van der Waals surface area contributed by atoms with Crippen LogP contribution in [-0.2, 0) is 4.74 Å². The van der Waals surface area contributed by atoms with Crippen molar-refractivity contribution in [2.75, 3.05) is 13.3 Å². The van der Waals surface area contributed by atoms with E-state index in [1.165, 1.54) is 52.1 Å². The summed E-state index contributed by atoms with van der Waals surface area (Å²) in [5.41, 5.74) is -0.616. The first-order valence-electron chi connectivity index (χ1n) is 8.53. The Morgan fingerprint density at radius 2 is 1.55 bits per heavy atom. The summed E-state index contributed by atoms with van der Waals surface area (Å²) in [6.07, 6.45) is 10.5. The quantitative estimate of drug-likeness (QED) is 0.318. The van der Waals surface area contributed by atoms with Gasteiger partial charge < -0.3 is 4.74 Å². The van der Waals surface area contributed by atoms with Gasteiger partial charge in [-0.1, -0.05) is 70.9 Å². The Balaban J connectivity index is 3.59. The van der Waals surface area contributed by atoms with Crippen molar-refractivity contribution < 1.29 is 9.13 Å². The maximum atomic E-state index is 12.6. The Bertz CT molecular complexity index is 229. The molecule has 0 radical (unpaired) electrons. The van der Waals surface area contributed by atoms with Crippen LogP contribution in [0, 0.1) is 0 Å². The van der Waals surface area contributed by atoms with E-state index in [2.05, 4.69) is 20.8 Å². The molecule has 0 amide bonds. The molecule has 0 heterocycles. The van der Waals surface area contributed by atoms with Crippen LogP contribution in [0.25, 0.3) is 0 Å². The Morgan fingerprint density at radius 3 is 2.15 bits per heavy atom. The highest BCUT2D eigenvalue weighted by Crippen LogP contribution is 2.30. The molecule has 20 heavy (non-hydrogen) atoms. The summed E-state index contributed by atoms with van der Waals surface area (Å²) in [4.78, 5) is 0. The average Bonchev–Trinajstić information content (AvgIpc) is 2.37. The molecule has 1 nitrogen and oxygen atoms in total. The molecule has 0 aliphatic rings. The van der Waals surface area contributed by atoms with Crippen molar-refractivity contribution in [3.8, 4) is 0 Å². The highest BCUT2D eigenvalue weighted by molar-refractivity contribution is 6.39. The molecule has 0 N–H and O–H groups in total. The molecule has 0 aliphatic heterocycles. The van der Waals surface area contributed by atoms with Crippen molar-refractivity contribution in [1.82, 2.24) is 0 Å². The maximum absolute atomic E-state index is 12.6. The third kappa shape index (κ3) is 11.8. The zero-order valence-electron chi connectivity index (χ0n) is 14.6. The number of rotatable bonds is 13. The van der Waals surface area contributed by atoms with E-state index in [1.54, 1.807) is 0 Å². The molecule has 0 atom stereocenters. The second-order valence-corrected chi connectivity index (χ2v) is 7.53. The second-order valence-electron chi connectivity index (χ2n) is 7.53. The minimum atomic E-state index is -0.616. The highest BCUT2D eigenvalue weighted by atomic mass is 19.1. The largest absolute Gasteiger partial charge is 0.373 e. The van der Waals surface area contributed by atoms with Crippen molar-refractivity contribution in [1.29, 1.82) is 0 Å². The first kappa shape index (κ1) is 20.0. The van der Waals surface area contributed by atoms with Crippen molar-refractivity contribution in [3.05, 3.63) is 0 Å². The van der Waals surface area contributed by atoms with Crippen LogP contribution in [-0.4, -0.2) is 26.2 Å². The van der Waals surface area contributed by atoms with E-state index < -0.39 is 12.3 Å². The van der Waals surface area contributed by atoms with Crippen LogP contribution in [0.3, 0.4) is 0 Å². The lowest BCUT2D eigenvalue weighted by molar-refractivity contribution is -0.0366. The fraction of sp³-hybridized carbons (Fsp3) is 1.00. The third-order valence-corrected chi connectivity index (χ3v) is 4.05. The highest BCUT2D eigenvalue weighted by Gasteiger charge is 2.22. The van der Waals surface area contributed by atoms with Gasteiger partial charge in [0, 0.05) is 6.61 Å². The number of hydrogen-bond acceptors (Lipinski definition) is 1. The van der Waals surface area contributed by atoms with Gasteiger partial charge in [-0.2, -0.15) is 0 Å². The van der Waals surface area contributed by atoms with Gasteiger partial charge in [0.15, 0.2) is 0 Å². The van der Waals surface area contributed by atoms with E-state index in [0.29, 0.717) is 11.9 Å². The lowest BCUT2D eigenvalue weighted by Crippen LogP contribution is -2.28. The summed E-state index contributed by atoms with van der Waals surface area (Å²) in [6.45, 7) is 10.7. The number of ether oxygens (including phenoxy) is 1. The van der Waals surface area contributed by atoms with E-state index in [0.717, 1.165) is 6.42 Å². The van der Waals surface area contributed by atoms with Crippen LogP contribution >= 0.6 is 0 Å². The van der Waals surface area contributed by atoms with Gasteiger partial charge in [0.2, 0.25) is 0 Å². The van der Waals surface area contributed by atoms with Gasteiger partial charge in [-0.15, -0.1) is 0 Å². The second kappa shape index (κ2) is 10.6. The van der Waals surface area contributed by atoms with Gasteiger partial charge in [0.05, 0.1) is 5.60 Å². The molecule has 120 valence electrons. The standard InChI is InChI=1S/C17H36BFO/c1-6-7-8-9-10-11-13-18-16(2,3)12-14-20-17(4,5)15-19/h18H,6-15H2,1-5H3. The summed E-state index contributed by atoms with van der Waals surface area (Å²) in [5.74, 6) is 0. The van der Waals surface area contributed by atoms with Gasteiger partial charge in [-0.3, -0.25) is 0 Å². The minimum Gasteiger partial charge on any atom is -0.373 e. The lowest BCUT2D eigenvalue weighted by atomic mass is 9.50. The molecule has 0 aromatic rings. The average molecular weight is 286 g/mol. The van der Waals surface area contributed by atoms with Gasteiger partial charge in [-0.05, 0) is 20.3 Å². The molecule has 0 aromatic heterocycles. The zero-order chi connectivity index (χ0) is 15.5. The van der Waals surface area contributed by atoms with Gasteiger partial charge in [-0.25, -0.2) is 4.39 Å². The van der Waals surface area contributed by atoms with Crippen LogP contribution in [0.15, 0.2) is 0 Å². The number of hydrogen-bond donors (Lipinski definition) is 0. The predicted molar refractivity (Wildman–Crippen MR) is 90.0 cm³/mol. The molecular weight excluding hydrogens is 250 g/mol. The van der Waals surface area contributed by atoms with Crippen molar-refractivity contribution in [2.45, 2.75) is 96.8 Å². The number of halogens is 1. The summed E-state index contributed by atoms with van der Waals surface area (Å²) < 4.78 is 18.3. The molecule has 0 spiro atoms. The summed E-state index contributed by atoms with van der Waals surface area (Å²) in [5, 5.41) is 0.315. The van der Waals surface area contributed by atoms with Crippen LogP contribution < -0.4 is 0 Å². The fourth-order valence-corrected chi connectivity index (χ4v) is 2.33. The van der Waals surface area contributed by atoms with E-state index in [-0.39, 0.29) is 0 Å². The molecular formula is C17H36BFO. The topological polar surface area (TPSA) is 9.23 Å². The minimum absolute atomic E-state index is 0.315. The van der Waals surface area contributed by atoms with Crippen LogP contribution in [0.4, 0.5) is 4.39 Å². The fourth-order valence-electron chi connectivity index (χ4n) is 2.33. The molecule has 0 aliphatic carbocycles. The van der Waals surface area contributed by atoms with Crippen molar-refractivity contribution in [3.63, 3.8) is 0 Å². The molecule has 0 rings (SSSR count). The van der Waals surface area contributed by atoms with Crippen LogP contribution in [0.2, 0.25) is 11.6 Å². The number of alkyl halides is 1. The van der Waals surface area contributed by atoms with Gasteiger partial charge in [0.25, 0.3) is 0 Å². The molecule has 3 heteroatoms. The Morgan fingerprint density at radius 1 is 0.950 bits per heavy atom. The SMILES string of the molecule is CCCCCCCCBC(C)(C)CCOC(C)(C)CF. The van der Waals surface area contributed by atoms with Crippen molar-refractivity contribution >= 4 is 7.28 Å². The van der Waals surface area contributed by atoms with Crippen LogP contribution in [0.1, 0.15) is 79.6 Å². The van der Waals surface area contributed by atoms with E-state index >= 15 is 0 Å². The smallest absolute Gasteiger partial charge is 0.127 e. The first-order chi connectivity index (χ1) is 9.33.